The predicted molar refractivity (Wildman–Crippen MR) is 71.9 cm³/mol. The molecule has 0 atom stereocenters. The number of rotatable bonds is 5. The van der Waals surface area contributed by atoms with Crippen LogP contribution in [0.4, 0.5) is 15.8 Å². The third-order valence-corrected chi connectivity index (χ3v) is 3.50. The second-order valence-electron chi connectivity index (χ2n) is 4.96. The van der Waals surface area contributed by atoms with Gasteiger partial charge in [0.15, 0.2) is 0 Å². The normalized spacial score (nSPS) is 15.2. The summed E-state index contributed by atoms with van der Waals surface area (Å²) in [6.07, 6.45) is 3.80. The first kappa shape index (κ1) is 14.2. The number of hydrogen-bond donors (Lipinski definition) is 1. The molecule has 0 bridgehead atoms. The van der Waals surface area contributed by atoms with Gasteiger partial charge in [-0.1, -0.05) is 12.8 Å². The molecule has 6 nitrogen and oxygen atoms in total. The topological polar surface area (TPSA) is 89.5 Å². The number of benzene rings is 1. The lowest BCUT2D eigenvalue weighted by Crippen LogP contribution is -2.40. The molecule has 1 fully saturated rings. The molecule has 1 aliphatic rings. The smallest absolute Gasteiger partial charge is 0.274 e. The molecule has 1 aromatic rings. The van der Waals surface area contributed by atoms with Gasteiger partial charge in [0.25, 0.3) is 5.69 Å². The molecule has 0 saturated heterocycles. The number of non-ortho nitro benzene ring substituents is 1. The number of carbonyl (C=O) groups excluding carboxylic acids is 1. The summed E-state index contributed by atoms with van der Waals surface area (Å²) in [6, 6.07) is 3.42. The van der Waals surface area contributed by atoms with Gasteiger partial charge in [-0.15, -0.1) is 0 Å². The number of nitro benzene ring substituents is 1. The van der Waals surface area contributed by atoms with Gasteiger partial charge in [-0.3, -0.25) is 14.9 Å². The second-order valence-corrected chi connectivity index (χ2v) is 4.96. The largest absolute Gasteiger partial charge is 0.368 e. The lowest BCUT2D eigenvalue weighted by molar-refractivity contribution is -0.385. The molecule has 0 aromatic heterocycles. The number of nitro groups is 1. The molecule has 7 heteroatoms. The van der Waals surface area contributed by atoms with Crippen molar-refractivity contribution in [2.75, 3.05) is 11.4 Å². The average Bonchev–Trinajstić information content (AvgIpc) is 2.88. The van der Waals surface area contributed by atoms with Crippen LogP contribution >= 0.6 is 0 Å². The van der Waals surface area contributed by atoms with Crippen molar-refractivity contribution < 1.29 is 14.1 Å². The van der Waals surface area contributed by atoms with E-state index in [2.05, 4.69) is 0 Å². The van der Waals surface area contributed by atoms with E-state index < -0.39 is 16.6 Å². The van der Waals surface area contributed by atoms with Crippen molar-refractivity contribution >= 4 is 17.3 Å². The molecule has 2 N–H and O–H groups in total. The fourth-order valence-electron chi connectivity index (χ4n) is 2.65. The van der Waals surface area contributed by atoms with E-state index in [0.717, 1.165) is 31.7 Å². The highest BCUT2D eigenvalue weighted by atomic mass is 19.1. The molecule has 1 aliphatic carbocycles. The zero-order valence-electron chi connectivity index (χ0n) is 10.9. The third kappa shape index (κ3) is 3.23. The molecular weight excluding hydrogens is 265 g/mol. The summed E-state index contributed by atoms with van der Waals surface area (Å²) in [6.45, 7) is -0.0642. The number of nitrogens with zero attached hydrogens (tertiary/aromatic N) is 2. The van der Waals surface area contributed by atoms with Crippen LogP contribution in [-0.2, 0) is 4.79 Å². The number of hydrogen-bond acceptors (Lipinski definition) is 4. The van der Waals surface area contributed by atoms with E-state index in [-0.39, 0.29) is 18.3 Å². The quantitative estimate of drug-likeness (QED) is 0.660. The number of amides is 1. The molecular formula is C13H16FN3O3. The number of primary amides is 1. The van der Waals surface area contributed by atoms with Crippen molar-refractivity contribution in [2.45, 2.75) is 31.7 Å². The molecule has 2 rings (SSSR count). The molecule has 0 radical (unpaired) electrons. The van der Waals surface area contributed by atoms with Crippen molar-refractivity contribution in [1.82, 2.24) is 0 Å². The van der Waals surface area contributed by atoms with Gasteiger partial charge >= 0.3 is 0 Å². The average molecular weight is 281 g/mol. The molecule has 20 heavy (non-hydrogen) atoms. The van der Waals surface area contributed by atoms with Gasteiger partial charge in [0.2, 0.25) is 5.91 Å². The fraction of sp³-hybridized carbons (Fsp3) is 0.462. The first-order valence-electron chi connectivity index (χ1n) is 6.47. The summed E-state index contributed by atoms with van der Waals surface area (Å²) in [5, 5.41) is 10.8. The minimum absolute atomic E-state index is 0.0642. The summed E-state index contributed by atoms with van der Waals surface area (Å²) in [5.74, 6) is -1.23. The summed E-state index contributed by atoms with van der Waals surface area (Å²) >= 11 is 0. The predicted octanol–water partition coefficient (Wildman–Crippen LogP) is 1.97. The Balaban J connectivity index is 2.36. The fourth-order valence-corrected chi connectivity index (χ4v) is 2.65. The van der Waals surface area contributed by atoms with Crippen LogP contribution in [0.25, 0.3) is 0 Å². The van der Waals surface area contributed by atoms with Crippen molar-refractivity contribution in [3.8, 4) is 0 Å². The van der Waals surface area contributed by atoms with Crippen molar-refractivity contribution in [1.29, 1.82) is 0 Å². The maximum Gasteiger partial charge on any atom is 0.274 e. The highest BCUT2D eigenvalue weighted by Crippen LogP contribution is 2.30. The van der Waals surface area contributed by atoms with Crippen LogP contribution in [0.3, 0.4) is 0 Å². The van der Waals surface area contributed by atoms with Crippen molar-refractivity contribution in [3.63, 3.8) is 0 Å². The Morgan fingerprint density at radius 2 is 2.05 bits per heavy atom. The van der Waals surface area contributed by atoms with Gasteiger partial charge in [0.05, 0.1) is 17.5 Å². The van der Waals surface area contributed by atoms with Gasteiger partial charge in [0.1, 0.15) is 5.82 Å². The van der Waals surface area contributed by atoms with Crippen LogP contribution in [0.15, 0.2) is 18.2 Å². The SMILES string of the molecule is NC(=O)CN(c1cc(F)cc([N+](=O)[O-])c1)C1CCCC1. The van der Waals surface area contributed by atoms with Gasteiger partial charge in [-0.25, -0.2) is 4.39 Å². The Morgan fingerprint density at radius 1 is 1.40 bits per heavy atom. The molecule has 0 spiro atoms. The van der Waals surface area contributed by atoms with Crippen LogP contribution in [0, 0.1) is 15.9 Å². The van der Waals surface area contributed by atoms with Gasteiger partial charge < -0.3 is 10.6 Å². The lowest BCUT2D eigenvalue weighted by Gasteiger charge is -2.29. The summed E-state index contributed by atoms with van der Waals surface area (Å²) in [7, 11) is 0. The third-order valence-electron chi connectivity index (χ3n) is 3.50. The number of nitrogens with two attached hydrogens (primary N) is 1. The zero-order valence-corrected chi connectivity index (χ0v) is 10.9. The minimum atomic E-state index is -0.693. The highest BCUT2D eigenvalue weighted by Gasteiger charge is 2.25. The molecule has 108 valence electrons. The molecule has 0 unspecified atom stereocenters. The van der Waals surface area contributed by atoms with E-state index in [0.29, 0.717) is 5.69 Å². The number of halogens is 1. The van der Waals surface area contributed by atoms with Crippen LogP contribution in [0.2, 0.25) is 0 Å². The van der Waals surface area contributed by atoms with Crippen LogP contribution in [-0.4, -0.2) is 23.4 Å². The van der Waals surface area contributed by atoms with E-state index in [9.17, 15) is 19.3 Å². The number of anilines is 1. The highest BCUT2D eigenvalue weighted by molar-refractivity contribution is 5.80. The first-order valence-corrected chi connectivity index (χ1v) is 6.47. The van der Waals surface area contributed by atoms with Crippen molar-refractivity contribution in [2.24, 2.45) is 5.73 Å². The Morgan fingerprint density at radius 3 is 2.60 bits per heavy atom. The molecule has 1 saturated carbocycles. The lowest BCUT2D eigenvalue weighted by atomic mass is 10.1. The molecule has 0 heterocycles. The monoisotopic (exact) mass is 281 g/mol. The Labute approximate surface area is 115 Å². The van der Waals surface area contributed by atoms with Crippen LogP contribution in [0.1, 0.15) is 25.7 Å². The van der Waals surface area contributed by atoms with E-state index >= 15 is 0 Å². The van der Waals surface area contributed by atoms with Crippen molar-refractivity contribution in [3.05, 3.63) is 34.1 Å². The Hall–Kier alpha value is -2.18. The number of carbonyl (C=O) groups is 1. The van der Waals surface area contributed by atoms with Gasteiger partial charge in [-0.2, -0.15) is 0 Å². The molecule has 1 aromatic carbocycles. The first-order chi connectivity index (χ1) is 9.47. The zero-order chi connectivity index (χ0) is 14.7. The maximum absolute atomic E-state index is 13.5. The van der Waals surface area contributed by atoms with E-state index in [1.807, 2.05) is 0 Å². The summed E-state index contributed by atoms with van der Waals surface area (Å²) in [4.78, 5) is 23.0. The summed E-state index contributed by atoms with van der Waals surface area (Å²) < 4.78 is 13.5. The van der Waals surface area contributed by atoms with E-state index in [1.54, 1.807) is 4.90 Å². The van der Waals surface area contributed by atoms with Gasteiger partial charge in [0, 0.05) is 17.8 Å². The standard InChI is InChI=1S/C13H16FN3O3/c14-9-5-11(7-12(6-9)17(19)20)16(8-13(15)18)10-3-1-2-4-10/h5-7,10H,1-4,8H2,(H2,15,18). The molecule has 0 aliphatic heterocycles. The van der Waals surface area contributed by atoms with Crippen LogP contribution in [0.5, 0.6) is 0 Å². The molecule has 1 amide bonds. The van der Waals surface area contributed by atoms with E-state index in [1.165, 1.54) is 12.1 Å². The van der Waals surface area contributed by atoms with E-state index in [4.69, 9.17) is 5.73 Å². The Bertz CT molecular complexity index is 530. The van der Waals surface area contributed by atoms with Gasteiger partial charge in [-0.05, 0) is 18.9 Å². The maximum atomic E-state index is 13.5. The minimum Gasteiger partial charge on any atom is -0.368 e. The van der Waals surface area contributed by atoms with Crippen LogP contribution < -0.4 is 10.6 Å². The summed E-state index contributed by atoms with van der Waals surface area (Å²) in [5.41, 5.74) is 5.24. The Kier molecular flexibility index (Phi) is 4.16. The second kappa shape index (κ2) is 5.85.